The smallest absolute Gasteiger partial charge is 0.0825 e. The van der Waals surface area contributed by atoms with Crippen LogP contribution in [0.1, 0.15) is 103 Å². The first kappa shape index (κ1) is 26.8. The Morgan fingerprint density at radius 3 is 1.38 bits per heavy atom. The van der Waals surface area contributed by atoms with Crippen LogP contribution in [0.4, 0.5) is 0 Å². The summed E-state index contributed by atoms with van der Waals surface area (Å²) in [5, 5.41) is 1.88. The van der Waals surface area contributed by atoms with Crippen LogP contribution in [0.2, 0.25) is 0 Å². The van der Waals surface area contributed by atoms with Crippen molar-refractivity contribution in [3.8, 4) is 0 Å². The molecule has 0 saturated carbocycles. The second-order valence-electron chi connectivity index (χ2n) is 7.93. The molecule has 0 amide bonds. The molecule has 0 fully saturated rings. The van der Waals surface area contributed by atoms with E-state index in [2.05, 4.69) is 21.0 Å². The minimum absolute atomic E-state index is 0. The van der Waals surface area contributed by atoms with Gasteiger partial charge in [-0.3, -0.25) is 0 Å². The van der Waals surface area contributed by atoms with Gasteiger partial charge in [0.25, 0.3) is 0 Å². The Morgan fingerprint density at radius 1 is 0.625 bits per heavy atom. The molecule has 0 aromatic rings. The third kappa shape index (κ3) is 20.6. The molecule has 0 rings (SSSR count). The first-order valence-electron chi connectivity index (χ1n) is 10.4. The largest absolute Gasteiger partial charge is 1.00 e. The van der Waals surface area contributed by atoms with Gasteiger partial charge in [-0.25, -0.2) is 0 Å². The molecule has 0 aliphatic rings. The molecule has 1 nitrogen and oxygen atoms in total. The maximum atomic E-state index is 4.93. The Labute approximate surface area is 169 Å². The van der Waals surface area contributed by atoms with E-state index >= 15 is 0 Å². The highest BCUT2D eigenvalue weighted by atomic mass is 79.9. The van der Waals surface area contributed by atoms with Crippen molar-refractivity contribution in [3.05, 3.63) is 0 Å². The van der Waals surface area contributed by atoms with Gasteiger partial charge in [-0.05, 0) is 18.2 Å². The summed E-state index contributed by atoms with van der Waals surface area (Å²) < 4.78 is 1.13. The maximum Gasteiger partial charge on any atom is 0.0825 e. The molecular weight excluding hydrogens is 378 g/mol. The van der Waals surface area contributed by atoms with Crippen molar-refractivity contribution in [2.75, 3.05) is 27.2 Å². The first-order valence-corrected chi connectivity index (χ1v) is 10.8. The lowest BCUT2D eigenvalue weighted by molar-refractivity contribution is -0.889. The Morgan fingerprint density at radius 2 is 1.00 bits per heavy atom. The van der Waals surface area contributed by atoms with Crippen LogP contribution >= 0.6 is 12.2 Å². The lowest BCUT2D eigenvalue weighted by atomic mass is 10.0. The van der Waals surface area contributed by atoms with Gasteiger partial charge >= 0.3 is 0 Å². The van der Waals surface area contributed by atoms with Crippen LogP contribution in [0.5, 0.6) is 0 Å². The highest BCUT2D eigenvalue weighted by molar-refractivity contribution is 7.78. The number of nitrogens with zero attached hydrogens (tertiary/aromatic N) is 1. The summed E-state index contributed by atoms with van der Waals surface area (Å²) in [6.07, 6.45) is 21.3. The van der Waals surface area contributed by atoms with Crippen LogP contribution in [-0.2, 0) is 0 Å². The average Bonchev–Trinajstić information content (AvgIpc) is 2.53. The molecule has 3 heteroatoms. The lowest BCUT2D eigenvalue weighted by Crippen LogP contribution is -3.00. The number of quaternary nitrogens is 1. The van der Waals surface area contributed by atoms with Crippen LogP contribution in [0.25, 0.3) is 0 Å². The molecule has 146 valence electrons. The first-order chi connectivity index (χ1) is 11.1. The van der Waals surface area contributed by atoms with Crippen LogP contribution in [0.15, 0.2) is 0 Å². The molecule has 24 heavy (non-hydrogen) atoms. The fourth-order valence-electron chi connectivity index (χ4n) is 3.25. The van der Waals surface area contributed by atoms with Crippen molar-refractivity contribution < 1.29 is 21.5 Å². The summed E-state index contributed by atoms with van der Waals surface area (Å²) in [4.78, 5) is 0. The minimum Gasteiger partial charge on any atom is -1.00 e. The van der Waals surface area contributed by atoms with E-state index in [4.69, 9.17) is 12.2 Å². The maximum absolute atomic E-state index is 4.93. The van der Waals surface area contributed by atoms with Crippen LogP contribution in [0, 0.1) is 0 Å². The molecular formula is C21H44BrNS. The molecule has 0 radical (unpaired) electrons. The fourth-order valence-corrected chi connectivity index (χ4v) is 3.35. The molecule has 0 aromatic heterocycles. The van der Waals surface area contributed by atoms with Gasteiger partial charge in [-0.2, -0.15) is 0 Å². The van der Waals surface area contributed by atoms with Gasteiger partial charge in [-0.1, -0.05) is 96.2 Å². The predicted molar refractivity (Wildman–Crippen MR) is 110 cm³/mol. The van der Waals surface area contributed by atoms with E-state index < -0.39 is 0 Å². The van der Waals surface area contributed by atoms with Gasteiger partial charge in [0.05, 0.1) is 27.2 Å². The minimum atomic E-state index is 0. The van der Waals surface area contributed by atoms with Gasteiger partial charge in [0.1, 0.15) is 0 Å². The monoisotopic (exact) mass is 421 g/mol. The molecule has 0 aromatic carbocycles. The van der Waals surface area contributed by atoms with E-state index in [0.29, 0.717) is 0 Å². The number of hydrogen-bond acceptors (Lipinski definition) is 1. The number of rotatable bonds is 18. The second kappa shape index (κ2) is 19.8. The van der Waals surface area contributed by atoms with Gasteiger partial charge in [0.15, 0.2) is 0 Å². The van der Waals surface area contributed by atoms with Crippen molar-refractivity contribution in [2.24, 2.45) is 0 Å². The van der Waals surface area contributed by atoms with Crippen LogP contribution in [0.3, 0.4) is 0 Å². The molecule has 0 aliphatic carbocycles. The van der Waals surface area contributed by atoms with Crippen LogP contribution < -0.4 is 17.0 Å². The van der Waals surface area contributed by atoms with E-state index in [1.165, 1.54) is 103 Å². The standard InChI is InChI=1S/C21H44NS.BrH/c1-4-5-6-7-8-9-10-11-12-13-14-15-16-17-19-22(2,3)20-18-21-23;/h21H,4-20H2,1-3H3;1H/q+1;/p-1. The Balaban J connectivity index is 0. The van der Waals surface area contributed by atoms with E-state index in [1.807, 2.05) is 5.37 Å². The zero-order chi connectivity index (χ0) is 17.2. The molecule has 0 aliphatic heterocycles. The zero-order valence-corrected chi connectivity index (χ0v) is 19.2. The molecule has 0 atom stereocenters. The number of hydrogen-bond donors (Lipinski definition) is 0. The Hall–Kier alpha value is 0.530. The third-order valence-corrected chi connectivity index (χ3v) is 5.20. The summed E-state index contributed by atoms with van der Waals surface area (Å²) in [5.74, 6) is 0. The average molecular weight is 423 g/mol. The predicted octanol–water partition coefficient (Wildman–Crippen LogP) is 3.94. The van der Waals surface area contributed by atoms with Gasteiger partial charge in [0, 0.05) is 6.42 Å². The van der Waals surface area contributed by atoms with E-state index in [-0.39, 0.29) is 17.0 Å². The van der Waals surface area contributed by atoms with Crippen molar-refractivity contribution in [3.63, 3.8) is 0 Å². The number of thiocarbonyl (C=S) groups is 1. The summed E-state index contributed by atoms with van der Waals surface area (Å²) >= 11 is 4.93. The fraction of sp³-hybridized carbons (Fsp3) is 0.952. The Kier molecular flexibility index (Phi) is 22.1. The summed E-state index contributed by atoms with van der Waals surface area (Å²) in [7, 11) is 4.67. The number of unbranched alkanes of at least 4 members (excludes halogenated alkanes) is 13. The van der Waals surface area contributed by atoms with Crippen molar-refractivity contribution in [1.29, 1.82) is 0 Å². The molecule has 0 bridgehead atoms. The quantitative estimate of drug-likeness (QED) is 0.183. The second-order valence-corrected chi connectivity index (χ2v) is 8.27. The molecule has 0 spiro atoms. The van der Waals surface area contributed by atoms with Crippen molar-refractivity contribution in [2.45, 2.75) is 103 Å². The molecule has 0 N–H and O–H groups in total. The van der Waals surface area contributed by atoms with Gasteiger partial charge in [-0.15, -0.1) is 0 Å². The lowest BCUT2D eigenvalue weighted by Gasteiger charge is -2.29. The number of halogens is 1. The third-order valence-electron chi connectivity index (χ3n) is 4.97. The van der Waals surface area contributed by atoms with E-state index in [0.717, 1.165) is 10.9 Å². The normalized spacial score (nSPS) is 11.3. The van der Waals surface area contributed by atoms with Gasteiger partial charge in [0.2, 0.25) is 0 Å². The van der Waals surface area contributed by atoms with Gasteiger partial charge < -0.3 is 21.5 Å². The molecule has 0 unspecified atom stereocenters. The van der Waals surface area contributed by atoms with E-state index in [9.17, 15) is 0 Å². The van der Waals surface area contributed by atoms with Crippen molar-refractivity contribution in [1.82, 2.24) is 0 Å². The Bertz CT molecular complexity index is 256. The molecule has 0 saturated heterocycles. The van der Waals surface area contributed by atoms with Crippen molar-refractivity contribution >= 4 is 17.6 Å². The SMILES string of the molecule is CCCCCCCCCCCCCCCC[N+](C)(C)CCC=S.[Br-]. The molecule has 0 heterocycles. The highest BCUT2D eigenvalue weighted by Crippen LogP contribution is 2.13. The van der Waals surface area contributed by atoms with E-state index in [1.54, 1.807) is 0 Å². The highest BCUT2D eigenvalue weighted by Gasteiger charge is 2.12. The topological polar surface area (TPSA) is 0 Å². The summed E-state index contributed by atoms with van der Waals surface area (Å²) in [6.45, 7) is 4.80. The van der Waals surface area contributed by atoms with Crippen LogP contribution in [-0.4, -0.2) is 37.0 Å². The zero-order valence-electron chi connectivity index (χ0n) is 16.8. The summed E-state index contributed by atoms with van der Waals surface area (Å²) in [6, 6.07) is 0. The summed E-state index contributed by atoms with van der Waals surface area (Å²) in [5.41, 5.74) is 0.